The highest BCUT2D eigenvalue weighted by atomic mass is 16.6. The van der Waals surface area contributed by atoms with Crippen molar-refractivity contribution in [2.75, 3.05) is 26.2 Å². The Morgan fingerprint density at radius 1 is 1.24 bits per heavy atom. The number of aryl methyl sites for hydroxylation is 1. The molecule has 0 unspecified atom stereocenters. The third kappa shape index (κ3) is 3.46. The van der Waals surface area contributed by atoms with E-state index >= 15 is 0 Å². The van der Waals surface area contributed by atoms with Crippen LogP contribution >= 0.6 is 0 Å². The molecular weight excluding hydrogens is 216 g/mol. The lowest BCUT2D eigenvalue weighted by molar-refractivity contribution is 0.155. The number of carbonyl (C=O) groups excluding carboxylic acids is 1. The molecule has 1 amide bonds. The maximum atomic E-state index is 11.9. The van der Waals surface area contributed by atoms with E-state index in [1.807, 2.05) is 31.2 Å². The van der Waals surface area contributed by atoms with Crippen molar-refractivity contribution in [1.29, 1.82) is 0 Å². The fourth-order valence-electron chi connectivity index (χ4n) is 1.80. The number of amides is 1. The molecule has 1 aromatic rings. The van der Waals surface area contributed by atoms with Crippen molar-refractivity contribution < 1.29 is 9.53 Å². The number of nitrogens with zero attached hydrogens (tertiary/aromatic N) is 1. The zero-order valence-corrected chi connectivity index (χ0v) is 10.1. The van der Waals surface area contributed by atoms with Crippen LogP contribution in [0.4, 0.5) is 4.79 Å². The summed E-state index contributed by atoms with van der Waals surface area (Å²) in [6, 6.07) is 7.52. The Morgan fingerprint density at radius 3 is 2.76 bits per heavy atom. The van der Waals surface area contributed by atoms with Crippen molar-refractivity contribution in [2.24, 2.45) is 0 Å². The second-order valence-electron chi connectivity index (χ2n) is 4.27. The second kappa shape index (κ2) is 5.68. The Morgan fingerprint density at radius 2 is 2.00 bits per heavy atom. The van der Waals surface area contributed by atoms with Crippen molar-refractivity contribution in [3.63, 3.8) is 0 Å². The highest BCUT2D eigenvalue weighted by Crippen LogP contribution is 2.13. The number of nitrogens with one attached hydrogen (secondary N) is 1. The molecule has 0 aromatic heterocycles. The molecule has 0 spiro atoms. The van der Waals surface area contributed by atoms with E-state index in [4.69, 9.17) is 4.74 Å². The molecule has 0 radical (unpaired) electrons. The summed E-state index contributed by atoms with van der Waals surface area (Å²) >= 11 is 0. The molecule has 1 heterocycles. The molecule has 17 heavy (non-hydrogen) atoms. The Labute approximate surface area is 102 Å². The lowest BCUT2D eigenvalue weighted by atomic mass is 10.2. The van der Waals surface area contributed by atoms with Gasteiger partial charge in [0.15, 0.2) is 0 Å². The molecule has 0 saturated carbocycles. The second-order valence-corrected chi connectivity index (χ2v) is 4.27. The van der Waals surface area contributed by atoms with Crippen LogP contribution in [0.1, 0.15) is 12.0 Å². The average molecular weight is 234 g/mol. The predicted octanol–water partition coefficient (Wildman–Crippen LogP) is 1.79. The number of hydrogen-bond donors (Lipinski definition) is 1. The van der Waals surface area contributed by atoms with E-state index in [1.165, 1.54) is 0 Å². The van der Waals surface area contributed by atoms with Gasteiger partial charge < -0.3 is 15.0 Å². The first-order valence-corrected chi connectivity index (χ1v) is 6.00. The molecule has 1 aromatic carbocycles. The van der Waals surface area contributed by atoms with Crippen molar-refractivity contribution in [3.8, 4) is 5.75 Å². The van der Waals surface area contributed by atoms with Gasteiger partial charge in [-0.05, 0) is 32.0 Å². The summed E-state index contributed by atoms with van der Waals surface area (Å²) in [5, 5.41) is 3.25. The van der Waals surface area contributed by atoms with Crippen LogP contribution in [-0.2, 0) is 0 Å². The van der Waals surface area contributed by atoms with E-state index in [2.05, 4.69) is 5.32 Å². The molecule has 4 nitrogen and oxygen atoms in total. The van der Waals surface area contributed by atoms with Gasteiger partial charge in [0.05, 0.1) is 0 Å². The van der Waals surface area contributed by atoms with Crippen LogP contribution in [-0.4, -0.2) is 37.2 Å². The number of rotatable bonds is 1. The molecule has 4 heteroatoms. The number of ether oxygens (including phenoxy) is 1. The lowest BCUT2D eigenvalue weighted by Gasteiger charge is -2.19. The van der Waals surface area contributed by atoms with E-state index in [0.29, 0.717) is 12.3 Å². The monoisotopic (exact) mass is 234 g/mol. The van der Waals surface area contributed by atoms with Gasteiger partial charge in [-0.15, -0.1) is 0 Å². The molecule has 0 aliphatic carbocycles. The van der Waals surface area contributed by atoms with Gasteiger partial charge in [0.2, 0.25) is 0 Å². The van der Waals surface area contributed by atoms with Crippen LogP contribution < -0.4 is 10.1 Å². The summed E-state index contributed by atoms with van der Waals surface area (Å²) < 4.78 is 5.32. The van der Waals surface area contributed by atoms with E-state index in [-0.39, 0.29) is 6.09 Å². The van der Waals surface area contributed by atoms with Gasteiger partial charge in [-0.1, -0.05) is 17.7 Å². The van der Waals surface area contributed by atoms with Crippen molar-refractivity contribution >= 4 is 6.09 Å². The Balaban J connectivity index is 1.93. The summed E-state index contributed by atoms with van der Waals surface area (Å²) in [6.07, 6.45) is 0.723. The fraction of sp³-hybridized carbons (Fsp3) is 0.462. The molecule has 1 aliphatic heterocycles. The van der Waals surface area contributed by atoms with Crippen LogP contribution in [0, 0.1) is 6.92 Å². The SMILES string of the molecule is Cc1ccc(OC(=O)N2CCCNCC2)cc1. The first kappa shape index (κ1) is 11.9. The molecule has 1 aliphatic rings. The largest absolute Gasteiger partial charge is 0.415 e. The minimum atomic E-state index is -0.252. The van der Waals surface area contributed by atoms with Gasteiger partial charge in [-0.2, -0.15) is 0 Å². The van der Waals surface area contributed by atoms with Gasteiger partial charge in [0, 0.05) is 19.6 Å². The number of carbonyl (C=O) groups is 1. The van der Waals surface area contributed by atoms with Crippen LogP contribution in [0.5, 0.6) is 5.75 Å². The first-order chi connectivity index (χ1) is 8.25. The summed E-state index contributed by atoms with van der Waals surface area (Å²) in [6.45, 7) is 5.28. The molecule has 2 rings (SSSR count). The fourth-order valence-corrected chi connectivity index (χ4v) is 1.80. The maximum absolute atomic E-state index is 11.9. The van der Waals surface area contributed by atoms with Gasteiger partial charge in [-0.3, -0.25) is 0 Å². The zero-order chi connectivity index (χ0) is 12.1. The van der Waals surface area contributed by atoms with Crippen molar-refractivity contribution in [1.82, 2.24) is 10.2 Å². The van der Waals surface area contributed by atoms with E-state index < -0.39 is 0 Å². The standard InChI is InChI=1S/C13H18N2O2/c1-11-3-5-12(6-4-11)17-13(16)15-9-2-7-14-8-10-15/h3-6,14H,2,7-10H2,1H3. The summed E-state index contributed by atoms with van der Waals surface area (Å²) in [4.78, 5) is 13.6. The van der Waals surface area contributed by atoms with Crippen molar-refractivity contribution in [3.05, 3.63) is 29.8 Å². The quantitative estimate of drug-likeness (QED) is 0.805. The minimum Gasteiger partial charge on any atom is -0.410 e. The zero-order valence-electron chi connectivity index (χ0n) is 10.1. The first-order valence-electron chi connectivity index (χ1n) is 6.00. The van der Waals surface area contributed by atoms with Crippen molar-refractivity contribution in [2.45, 2.75) is 13.3 Å². The van der Waals surface area contributed by atoms with Gasteiger partial charge in [-0.25, -0.2) is 4.79 Å². The predicted molar refractivity (Wildman–Crippen MR) is 66.3 cm³/mol. The average Bonchev–Trinajstić information content (AvgIpc) is 2.61. The topological polar surface area (TPSA) is 41.6 Å². The van der Waals surface area contributed by atoms with Crippen LogP contribution in [0.25, 0.3) is 0 Å². The molecular formula is C13H18N2O2. The third-order valence-corrected chi connectivity index (χ3v) is 2.82. The van der Waals surface area contributed by atoms with Crippen LogP contribution in [0.3, 0.4) is 0 Å². The summed E-state index contributed by atoms with van der Waals surface area (Å²) in [5.41, 5.74) is 1.16. The normalized spacial score (nSPS) is 16.4. The van der Waals surface area contributed by atoms with Crippen LogP contribution in [0.15, 0.2) is 24.3 Å². The van der Waals surface area contributed by atoms with E-state index in [0.717, 1.165) is 31.6 Å². The number of benzene rings is 1. The van der Waals surface area contributed by atoms with E-state index in [9.17, 15) is 4.79 Å². The van der Waals surface area contributed by atoms with Crippen LogP contribution in [0.2, 0.25) is 0 Å². The molecule has 92 valence electrons. The van der Waals surface area contributed by atoms with Gasteiger partial charge in [0.25, 0.3) is 0 Å². The molecule has 0 bridgehead atoms. The molecule has 1 saturated heterocycles. The third-order valence-electron chi connectivity index (χ3n) is 2.82. The Hall–Kier alpha value is -1.55. The van der Waals surface area contributed by atoms with E-state index in [1.54, 1.807) is 4.90 Å². The minimum absolute atomic E-state index is 0.252. The Bertz CT molecular complexity index is 368. The molecule has 1 fully saturated rings. The Kier molecular flexibility index (Phi) is 3.98. The highest BCUT2D eigenvalue weighted by molar-refractivity contribution is 5.70. The molecule has 0 atom stereocenters. The molecule has 1 N–H and O–H groups in total. The maximum Gasteiger partial charge on any atom is 0.415 e. The highest BCUT2D eigenvalue weighted by Gasteiger charge is 2.16. The summed E-state index contributed by atoms with van der Waals surface area (Å²) in [5.74, 6) is 0.609. The van der Waals surface area contributed by atoms with Gasteiger partial charge in [0.1, 0.15) is 5.75 Å². The van der Waals surface area contributed by atoms with Gasteiger partial charge >= 0.3 is 6.09 Å². The number of hydrogen-bond acceptors (Lipinski definition) is 3. The smallest absolute Gasteiger partial charge is 0.410 e. The lowest BCUT2D eigenvalue weighted by Crippen LogP contribution is -2.36. The summed E-state index contributed by atoms with van der Waals surface area (Å²) in [7, 11) is 0.